The van der Waals surface area contributed by atoms with E-state index in [1.807, 2.05) is 6.07 Å². The zero-order chi connectivity index (χ0) is 9.36. The van der Waals surface area contributed by atoms with Crippen molar-refractivity contribution in [2.45, 2.75) is 0 Å². The highest BCUT2D eigenvalue weighted by atomic mass is 16.7. The van der Waals surface area contributed by atoms with Gasteiger partial charge in [0.25, 0.3) is 0 Å². The fraction of sp³-hybridized carbons (Fsp3) is 0.300. The van der Waals surface area contributed by atoms with Crippen LogP contribution >= 0.6 is 0 Å². The molecule has 2 rings (SSSR count). The molecule has 0 aliphatic carbocycles. The number of benzene rings is 1. The van der Waals surface area contributed by atoms with Gasteiger partial charge in [-0.25, -0.2) is 0 Å². The van der Waals surface area contributed by atoms with Crippen molar-refractivity contribution in [2.24, 2.45) is 0 Å². The Balaban J connectivity index is 0.000000145. The molecule has 1 saturated heterocycles. The smallest absolute Gasteiger partial charge is 0.146 e. The Labute approximate surface area is 77.5 Å². The average Bonchev–Trinajstić information content (AvgIpc) is 2.77. The molecule has 1 fully saturated rings. The first kappa shape index (κ1) is 9.72. The van der Waals surface area contributed by atoms with Crippen LogP contribution in [-0.4, -0.2) is 20.0 Å². The molecule has 1 aliphatic rings. The van der Waals surface area contributed by atoms with Gasteiger partial charge >= 0.3 is 0 Å². The minimum absolute atomic E-state index is 0.500. The molecule has 0 bridgehead atoms. The van der Waals surface area contributed by atoms with E-state index in [0.717, 1.165) is 13.2 Å². The Morgan fingerprint density at radius 2 is 1.85 bits per heavy atom. The summed E-state index contributed by atoms with van der Waals surface area (Å²) in [6, 6.07) is 11.7. The molecule has 0 unspecified atom stereocenters. The summed E-state index contributed by atoms with van der Waals surface area (Å²) in [5.41, 5.74) is 0.684. The molecule has 0 N–H and O–H groups in total. The molecule has 1 aliphatic heterocycles. The highest BCUT2D eigenvalue weighted by Gasteiger charge is 1.93. The fourth-order valence-electron chi connectivity index (χ4n) is 0.756. The van der Waals surface area contributed by atoms with Crippen molar-refractivity contribution in [2.75, 3.05) is 20.0 Å². The molecule has 13 heavy (non-hydrogen) atoms. The average molecular weight is 176 g/mol. The van der Waals surface area contributed by atoms with Gasteiger partial charge in [-0.2, -0.15) is 5.26 Å². The van der Waals surface area contributed by atoms with E-state index >= 15 is 0 Å². The van der Waals surface area contributed by atoms with Gasteiger partial charge in [0.15, 0.2) is 0 Å². The van der Waals surface area contributed by atoms with E-state index in [1.54, 1.807) is 24.3 Å². The third kappa shape index (κ3) is 4.26. The van der Waals surface area contributed by atoms with Crippen LogP contribution < -0.4 is 0 Å². The van der Waals surface area contributed by atoms with Gasteiger partial charge in [-0.15, -0.1) is 0 Å². The van der Waals surface area contributed by atoms with Gasteiger partial charge in [0, 0.05) is 0 Å². The van der Waals surface area contributed by atoms with Gasteiger partial charge in [-0.3, -0.25) is 0 Å². The zero-order valence-corrected chi connectivity index (χ0v) is 7.19. The second-order valence-electron chi connectivity index (χ2n) is 2.33. The van der Waals surface area contributed by atoms with Crippen molar-refractivity contribution < 1.29 is 9.47 Å². The zero-order valence-electron chi connectivity index (χ0n) is 7.19. The molecular formula is C10H10NO2. The molecule has 3 heteroatoms. The molecule has 1 aromatic rings. The molecule has 0 spiro atoms. The standard InChI is InChI=1S/C7H4N.C3H6O2/c8-6-7-4-2-1-3-5-7;1-2-5-3-4-1/h2-5H;1-3H2. The second kappa shape index (κ2) is 6.18. The maximum absolute atomic E-state index is 8.27. The molecule has 0 saturated carbocycles. The Hall–Kier alpha value is -1.37. The summed E-state index contributed by atoms with van der Waals surface area (Å²) in [6.45, 7) is 2.06. The summed E-state index contributed by atoms with van der Waals surface area (Å²) in [7, 11) is 0. The number of nitrogens with zero attached hydrogens (tertiary/aromatic N) is 1. The molecule has 0 amide bonds. The highest BCUT2D eigenvalue weighted by Crippen LogP contribution is 1.92. The lowest BCUT2D eigenvalue weighted by molar-refractivity contribution is 0.0692. The third-order valence-electron chi connectivity index (χ3n) is 1.39. The first-order valence-electron chi connectivity index (χ1n) is 3.95. The Bertz CT molecular complexity index is 254. The molecular weight excluding hydrogens is 166 g/mol. The van der Waals surface area contributed by atoms with Gasteiger partial charge in [0.2, 0.25) is 0 Å². The van der Waals surface area contributed by atoms with Crippen LogP contribution in [0.25, 0.3) is 0 Å². The normalized spacial score (nSPS) is 14.1. The summed E-state index contributed by atoms with van der Waals surface area (Å²) in [5.74, 6) is 0. The fourth-order valence-corrected chi connectivity index (χ4v) is 0.756. The quantitative estimate of drug-likeness (QED) is 0.599. The van der Waals surface area contributed by atoms with Gasteiger partial charge in [0.1, 0.15) is 6.79 Å². The van der Waals surface area contributed by atoms with Crippen LogP contribution in [0.1, 0.15) is 5.56 Å². The summed E-state index contributed by atoms with van der Waals surface area (Å²) in [5, 5.41) is 8.27. The van der Waals surface area contributed by atoms with E-state index in [4.69, 9.17) is 14.7 Å². The lowest BCUT2D eigenvalue weighted by atomic mass is 10.2. The largest absolute Gasteiger partial charge is 0.353 e. The Kier molecular flexibility index (Phi) is 4.62. The Morgan fingerprint density at radius 3 is 2.15 bits per heavy atom. The highest BCUT2D eigenvalue weighted by molar-refractivity contribution is 5.26. The van der Waals surface area contributed by atoms with Crippen molar-refractivity contribution in [3.63, 3.8) is 0 Å². The van der Waals surface area contributed by atoms with E-state index in [-0.39, 0.29) is 0 Å². The second-order valence-corrected chi connectivity index (χ2v) is 2.33. The molecule has 1 radical (unpaired) electrons. The van der Waals surface area contributed by atoms with Crippen LogP contribution in [-0.2, 0) is 9.47 Å². The minimum Gasteiger partial charge on any atom is -0.353 e. The van der Waals surface area contributed by atoms with Crippen LogP contribution in [0.5, 0.6) is 0 Å². The van der Waals surface area contributed by atoms with Crippen LogP contribution in [0.2, 0.25) is 0 Å². The number of hydrogen-bond donors (Lipinski definition) is 0. The Morgan fingerprint density at radius 1 is 1.23 bits per heavy atom. The molecule has 0 aromatic heterocycles. The van der Waals surface area contributed by atoms with E-state index in [1.165, 1.54) is 0 Å². The van der Waals surface area contributed by atoms with E-state index in [2.05, 4.69) is 6.07 Å². The summed E-state index contributed by atoms with van der Waals surface area (Å²) < 4.78 is 9.44. The van der Waals surface area contributed by atoms with Gasteiger partial charge in [-0.05, 0) is 18.2 Å². The summed E-state index contributed by atoms with van der Waals surface area (Å²) in [6.07, 6.45) is 0. The van der Waals surface area contributed by atoms with E-state index < -0.39 is 0 Å². The van der Waals surface area contributed by atoms with Crippen LogP contribution in [0.3, 0.4) is 0 Å². The lowest BCUT2D eigenvalue weighted by Gasteiger charge is -1.79. The molecule has 1 aromatic carbocycles. The maximum atomic E-state index is 8.27. The van der Waals surface area contributed by atoms with Crippen LogP contribution in [0, 0.1) is 17.4 Å². The SMILES string of the molecule is C1COCO1.N#Cc1cc[c]cc1. The molecule has 1 heterocycles. The monoisotopic (exact) mass is 176 g/mol. The number of nitriles is 1. The first-order chi connectivity index (χ1) is 6.43. The van der Waals surface area contributed by atoms with Crippen LogP contribution in [0.15, 0.2) is 24.3 Å². The topological polar surface area (TPSA) is 42.2 Å². The van der Waals surface area contributed by atoms with Gasteiger partial charge < -0.3 is 9.47 Å². The predicted molar refractivity (Wildman–Crippen MR) is 46.8 cm³/mol. The number of rotatable bonds is 0. The van der Waals surface area contributed by atoms with Crippen molar-refractivity contribution in [3.05, 3.63) is 35.9 Å². The van der Waals surface area contributed by atoms with Crippen molar-refractivity contribution >= 4 is 0 Å². The van der Waals surface area contributed by atoms with Crippen molar-refractivity contribution in [3.8, 4) is 6.07 Å². The van der Waals surface area contributed by atoms with Gasteiger partial charge in [-0.1, -0.05) is 12.1 Å². The molecule has 67 valence electrons. The van der Waals surface area contributed by atoms with Crippen molar-refractivity contribution in [1.82, 2.24) is 0 Å². The predicted octanol–water partition coefficient (Wildman–Crippen LogP) is 1.35. The van der Waals surface area contributed by atoms with Crippen LogP contribution in [0.4, 0.5) is 0 Å². The van der Waals surface area contributed by atoms with Gasteiger partial charge in [0.05, 0.1) is 24.8 Å². The summed E-state index contributed by atoms with van der Waals surface area (Å²) in [4.78, 5) is 0. The number of ether oxygens (including phenoxy) is 2. The lowest BCUT2D eigenvalue weighted by Crippen LogP contribution is -1.79. The molecule has 3 nitrogen and oxygen atoms in total. The number of hydrogen-bond acceptors (Lipinski definition) is 3. The third-order valence-corrected chi connectivity index (χ3v) is 1.39. The first-order valence-corrected chi connectivity index (χ1v) is 3.95. The van der Waals surface area contributed by atoms with E-state index in [0.29, 0.717) is 12.4 Å². The van der Waals surface area contributed by atoms with E-state index in [9.17, 15) is 0 Å². The minimum atomic E-state index is 0.500. The molecule has 0 atom stereocenters. The van der Waals surface area contributed by atoms with Crippen molar-refractivity contribution in [1.29, 1.82) is 5.26 Å². The summed E-state index contributed by atoms with van der Waals surface area (Å²) >= 11 is 0. The maximum Gasteiger partial charge on any atom is 0.146 e.